The molecule has 0 atom stereocenters. The van der Waals surface area contributed by atoms with Gasteiger partial charge < -0.3 is 5.32 Å². The van der Waals surface area contributed by atoms with E-state index in [1.807, 2.05) is 24.3 Å². The van der Waals surface area contributed by atoms with Crippen molar-refractivity contribution in [2.45, 2.75) is 6.42 Å². The summed E-state index contributed by atoms with van der Waals surface area (Å²) >= 11 is 9.05. The van der Waals surface area contributed by atoms with Gasteiger partial charge in [0.25, 0.3) is 5.91 Å². The Bertz CT molecular complexity index is 572. The van der Waals surface area contributed by atoms with Gasteiger partial charge in [0.05, 0.1) is 0 Å². The van der Waals surface area contributed by atoms with Crippen molar-refractivity contribution >= 4 is 33.4 Å². The average molecular weight is 340 g/mol. The summed E-state index contributed by atoms with van der Waals surface area (Å²) in [4.78, 5) is 15.8. The predicted octanol–water partition coefficient (Wildman–Crippen LogP) is 3.47. The van der Waals surface area contributed by atoms with Gasteiger partial charge in [-0.3, -0.25) is 4.79 Å². The SMILES string of the molecule is O=C(NCCc1ccc(Cl)cc1)c1ccnc(Br)c1. The molecule has 1 aromatic carbocycles. The Kier molecular flexibility index (Phi) is 4.93. The van der Waals surface area contributed by atoms with Gasteiger partial charge in [0, 0.05) is 23.3 Å². The molecule has 0 bridgehead atoms. The van der Waals surface area contributed by atoms with Crippen molar-refractivity contribution < 1.29 is 4.79 Å². The number of nitrogens with zero attached hydrogens (tertiary/aromatic N) is 1. The molecule has 98 valence electrons. The Morgan fingerprint density at radius 2 is 2.00 bits per heavy atom. The molecule has 1 heterocycles. The molecule has 0 radical (unpaired) electrons. The third-order valence-corrected chi connectivity index (χ3v) is 3.29. The molecular formula is C14H12BrClN2O. The first-order valence-corrected chi connectivity index (χ1v) is 6.96. The van der Waals surface area contributed by atoms with Gasteiger partial charge in [0.1, 0.15) is 4.60 Å². The van der Waals surface area contributed by atoms with E-state index in [0.29, 0.717) is 16.7 Å². The lowest BCUT2D eigenvalue weighted by Crippen LogP contribution is -2.25. The molecule has 5 heteroatoms. The molecule has 0 spiro atoms. The van der Waals surface area contributed by atoms with E-state index in [4.69, 9.17) is 11.6 Å². The Labute approximate surface area is 125 Å². The van der Waals surface area contributed by atoms with Crippen LogP contribution >= 0.6 is 27.5 Å². The van der Waals surface area contributed by atoms with E-state index in [1.165, 1.54) is 0 Å². The van der Waals surface area contributed by atoms with Crippen LogP contribution in [0.15, 0.2) is 47.2 Å². The zero-order chi connectivity index (χ0) is 13.7. The van der Waals surface area contributed by atoms with Gasteiger partial charge in [-0.2, -0.15) is 0 Å². The molecule has 1 N–H and O–H groups in total. The molecule has 1 aromatic heterocycles. The minimum absolute atomic E-state index is 0.0999. The van der Waals surface area contributed by atoms with Crippen LogP contribution in [0.1, 0.15) is 15.9 Å². The fourth-order valence-electron chi connectivity index (χ4n) is 1.62. The highest BCUT2D eigenvalue weighted by molar-refractivity contribution is 9.10. The molecular weight excluding hydrogens is 328 g/mol. The standard InChI is InChI=1S/C14H12BrClN2O/c15-13-9-11(6-8-17-13)14(19)18-7-5-10-1-3-12(16)4-2-10/h1-4,6,8-9H,5,7H2,(H,18,19). The van der Waals surface area contributed by atoms with Crippen molar-refractivity contribution in [2.24, 2.45) is 0 Å². The Balaban J connectivity index is 1.86. The molecule has 0 aliphatic rings. The fraction of sp³-hybridized carbons (Fsp3) is 0.143. The van der Waals surface area contributed by atoms with Gasteiger partial charge in [0.2, 0.25) is 0 Å². The number of halogens is 2. The summed E-state index contributed by atoms with van der Waals surface area (Å²) in [6.45, 7) is 0.584. The van der Waals surface area contributed by atoms with Crippen LogP contribution in [0, 0.1) is 0 Å². The number of carbonyl (C=O) groups is 1. The smallest absolute Gasteiger partial charge is 0.251 e. The second kappa shape index (κ2) is 6.68. The first-order valence-electron chi connectivity index (χ1n) is 5.79. The number of nitrogens with one attached hydrogen (secondary N) is 1. The summed E-state index contributed by atoms with van der Waals surface area (Å²) in [6.07, 6.45) is 2.37. The Morgan fingerprint density at radius 1 is 1.26 bits per heavy atom. The molecule has 0 aliphatic heterocycles. The highest BCUT2D eigenvalue weighted by Gasteiger charge is 2.05. The highest BCUT2D eigenvalue weighted by Crippen LogP contribution is 2.10. The Hall–Kier alpha value is -1.39. The van der Waals surface area contributed by atoms with E-state index >= 15 is 0 Å². The van der Waals surface area contributed by atoms with E-state index in [9.17, 15) is 4.79 Å². The summed E-state index contributed by atoms with van der Waals surface area (Å²) in [5, 5.41) is 3.59. The lowest BCUT2D eigenvalue weighted by atomic mass is 10.1. The molecule has 0 aliphatic carbocycles. The van der Waals surface area contributed by atoms with Gasteiger partial charge in [-0.25, -0.2) is 4.98 Å². The van der Waals surface area contributed by atoms with Crippen LogP contribution in [0.4, 0.5) is 0 Å². The van der Waals surface area contributed by atoms with Gasteiger partial charge in [-0.05, 0) is 52.2 Å². The minimum Gasteiger partial charge on any atom is -0.352 e. The van der Waals surface area contributed by atoms with Crippen LogP contribution in [0.25, 0.3) is 0 Å². The summed E-state index contributed by atoms with van der Waals surface area (Å²) in [5.41, 5.74) is 1.73. The van der Waals surface area contributed by atoms with Crippen molar-refractivity contribution in [3.63, 3.8) is 0 Å². The third-order valence-electron chi connectivity index (χ3n) is 2.60. The lowest BCUT2D eigenvalue weighted by molar-refractivity contribution is 0.0954. The summed E-state index contributed by atoms with van der Waals surface area (Å²) in [6, 6.07) is 11.0. The van der Waals surface area contributed by atoms with Gasteiger partial charge in [-0.15, -0.1) is 0 Å². The van der Waals surface area contributed by atoms with Crippen LogP contribution in [0.5, 0.6) is 0 Å². The number of amides is 1. The van der Waals surface area contributed by atoms with E-state index in [-0.39, 0.29) is 5.91 Å². The summed E-state index contributed by atoms with van der Waals surface area (Å²) < 4.78 is 0.651. The maximum Gasteiger partial charge on any atom is 0.251 e. The molecule has 2 rings (SSSR count). The first-order chi connectivity index (χ1) is 9.15. The summed E-state index contributed by atoms with van der Waals surface area (Å²) in [5.74, 6) is -0.0999. The van der Waals surface area contributed by atoms with Crippen LogP contribution in [0.2, 0.25) is 5.02 Å². The lowest BCUT2D eigenvalue weighted by Gasteiger charge is -2.05. The van der Waals surface area contributed by atoms with Crippen LogP contribution in [-0.2, 0) is 6.42 Å². The molecule has 0 fully saturated rings. The molecule has 0 saturated heterocycles. The van der Waals surface area contributed by atoms with E-state index in [1.54, 1.807) is 18.3 Å². The quantitative estimate of drug-likeness (QED) is 0.867. The number of hydrogen-bond acceptors (Lipinski definition) is 2. The van der Waals surface area contributed by atoms with Gasteiger partial charge >= 0.3 is 0 Å². The first kappa shape index (κ1) is 14.0. The average Bonchev–Trinajstić information content (AvgIpc) is 2.41. The third kappa shape index (κ3) is 4.33. The van der Waals surface area contributed by atoms with Crippen LogP contribution in [-0.4, -0.2) is 17.4 Å². The monoisotopic (exact) mass is 338 g/mol. The molecule has 19 heavy (non-hydrogen) atoms. The second-order valence-corrected chi connectivity index (χ2v) is 5.25. The number of rotatable bonds is 4. The second-order valence-electron chi connectivity index (χ2n) is 4.00. The molecule has 3 nitrogen and oxygen atoms in total. The number of carbonyl (C=O) groups excluding carboxylic acids is 1. The van der Waals surface area contributed by atoms with Gasteiger partial charge in [0.15, 0.2) is 0 Å². The van der Waals surface area contributed by atoms with Crippen molar-refractivity contribution in [3.05, 3.63) is 63.3 Å². The minimum atomic E-state index is -0.0999. The zero-order valence-electron chi connectivity index (χ0n) is 10.1. The summed E-state index contributed by atoms with van der Waals surface area (Å²) in [7, 11) is 0. The van der Waals surface area contributed by atoms with Crippen molar-refractivity contribution in [3.8, 4) is 0 Å². The van der Waals surface area contributed by atoms with Crippen molar-refractivity contribution in [1.29, 1.82) is 0 Å². The number of hydrogen-bond donors (Lipinski definition) is 1. The largest absolute Gasteiger partial charge is 0.352 e. The van der Waals surface area contributed by atoms with E-state index < -0.39 is 0 Å². The van der Waals surface area contributed by atoms with E-state index in [0.717, 1.165) is 17.0 Å². The van der Waals surface area contributed by atoms with Crippen molar-refractivity contribution in [1.82, 2.24) is 10.3 Å². The normalized spacial score (nSPS) is 10.2. The topological polar surface area (TPSA) is 42.0 Å². The van der Waals surface area contributed by atoms with Gasteiger partial charge in [-0.1, -0.05) is 23.7 Å². The molecule has 2 aromatic rings. The predicted molar refractivity (Wildman–Crippen MR) is 79.4 cm³/mol. The van der Waals surface area contributed by atoms with Crippen molar-refractivity contribution in [2.75, 3.05) is 6.54 Å². The fourth-order valence-corrected chi connectivity index (χ4v) is 2.11. The van der Waals surface area contributed by atoms with Crippen LogP contribution < -0.4 is 5.32 Å². The Morgan fingerprint density at radius 3 is 2.68 bits per heavy atom. The maximum atomic E-state index is 11.9. The molecule has 0 saturated carbocycles. The number of pyridine rings is 1. The van der Waals surface area contributed by atoms with E-state index in [2.05, 4.69) is 26.2 Å². The molecule has 0 unspecified atom stereocenters. The molecule has 1 amide bonds. The van der Waals surface area contributed by atoms with Crippen LogP contribution in [0.3, 0.4) is 0 Å². The number of aromatic nitrogens is 1. The highest BCUT2D eigenvalue weighted by atomic mass is 79.9. The zero-order valence-corrected chi connectivity index (χ0v) is 12.4. The number of benzene rings is 1. The maximum absolute atomic E-state index is 11.9.